The number of piperazine rings is 1. The predicted octanol–water partition coefficient (Wildman–Crippen LogP) is 3.16. The second kappa shape index (κ2) is 9.21. The second-order valence-corrected chi connectivity index (χ2v) is 7.80. The molecule has 2 amide bonds. The van der Waals surface area contributed by atoms with Gasteiger partial charge in [-0.25, -0.2) is 0 Å². The van der Waals surface area contributed by atoms with Crippen LogP contribution in [0.4, 0.5) is 5.69 Å². The molecule has 28 heavy (non-hydrogen) atoms. The van der Waals surface area contributed by atoms with E-state index in [-0.39, 0.29) is 18.4 Å². The number of hydrogen-bond acceptors (Lipinski definition) is 4. The number of aryl methyl sites for hydroxylation is 1. The van der Waals surface area contributed by atoms with Crippen molar-refractivity contribution < 1.29 is 14.3 Å². The van der Waals surface area contributed by atoms with E-state index in [0.29, 0.717) is 30.1 Å². The number of nitrogens with zero attached hydrogens (tertiary/aromatic N) is 2. The van der Waals surface area contributed by atoms with Gasteiger partial charge in [-0.3, -0.25) is 9.59 Å². The van der Waals surface area contributed by atoms with Crippen molar-refractivity contribution in [3.63, 3.8) is 0 Å². The van der Waals surface area contributed by atoms with Crippen molar-refractivity contribution in [2.24, 2.45) is 0 Å². The second-order valence-electron chi connectivity index (χ2n) is 6.89. The summed E-state index contributed by atoms with van der Waals surface area (Å²) in [7, 11) is 2.04. The maximum absolute atomic E-state index is 12.9. The van der Waals surface area contributed by atoms with E-state index >= 15 is 0 Å². The summed E-state index contributed by atoms with van der Waals surface area (Å²) in [6.45, 7) is 4.86. The van der Waals surface area contributed by atoms with Crippen LogP contribution >= 0.6 is 15.9 Å². The Bertz CT molecular complexity index is 864. The van der Waals surface area contributed by atoms with Gasteiger partial charge in [0.25, 0.3) is 11.8 Å². The summed E-state index contributed by atoms with van der Waals surface area (Å²) in [5, 5.41) is 2.81. The van der Waals surface area contributed by atoms with Gasteiger partial charge in [-0.05, 0) is 49.9 Å². The molecule has 0 bridgehead atoms. The van der Waals surface area contributed by atoms with Crippen LogP contribution in [0.3, 0.4) is 0 Å². The first-order valence-corrected chi connectivity index (χ1v) is 9.99. The van der Waals surface area contributed by atoms with Crippen molar-refractivity contribution in [2.45, 2.75) is 6.92 Å². The summed E-state index contributed by atoms with van der Waals surface area (Å²) in [5.74, 6) is 0.287. The van der Waals surface area contributed by atoms with Gasteiger partial charge in [0, 0.05) is 30.7 Å². The van der Waals surface area contributed by atoms with E-state index < -0.39 is 0 Å². The number of hydrogen-bond donors (Lipinski definition) is 1. The van der Waals surface area contributed by atoms with Gasteiger partial charge in [0.15, 0.2) is 6.61 Å². The van der Waals surface area contributed by atoms with Crippen LogP contribution in [0.2, 0.25) is 0 Å². The molecule has 6 nitrogen and oxygen atoms in total. The zero-order valence-electron chi connectivity index (χ0n) is 16.1. The van der Waals surface area contributed by atoms with E-state index in [2.05, 4.69) is 26.1 Å². The third kappa shape index (κ3) is 5.11. The zero-order chi connectivity index (χ0) is 20.1. The summed E-state index contributed by atoms with van der Waals surface area (Å²) in [6.07, 6.45) is 0. The number of carbonyl (C=O) groups is 2. The molecule has 1 heterocycles. The van der Waals surface area contributed by atoms with Gasteiger partial charge in [0.05, 0.1) is 11.3 Å². The number of halogens is 1. The lowest BCUT2D eigenvalue weighted by Crippen LogP contribution is -2.47. The van der Waals surface area contributed by atoms with Crippen LogP contribution in [0.25, 0.3) is 0 Å². The molecule has 1 saturated heterocycles. The first kappa shape index (κ1) is 20.4. The highest BCUT2D eigenvalue weighted by Gasteiger charge is 2.22. The number of carbonyl (C=O) groups excluding carboxylic acids is 2. The average molecular weight is 446 g/mol. The van der Waals surface area contributed by atoms with Gasteiger partial charge in [-0.1, -0.05) is 28.1 Å². The van der Waals surface area contributed by atoms with Crippen LogP contribution in [0.15, 0.2) is 46.9 Å². The first-order valence-electron chi connectivity index (χ1n) is 9.19. The molecule has 0 spiro atoms. The molecule has 2 aromatic carbocycles. The van der Waals surface area contributed by atoms with Gasteiger partial charge in [0.1, 0.15) is 5.75 Å². The average Bonchev–Trinajstić information content (AvgIpc) is 2.68. The number of nitrogens with one attached hydrogen (secondary N) is 1. The highest BCUT2D eigenvalue weighted by Crippen LogP contribution is 2.22. The van der Waals surface area contributed by atoms with Crippen molar-refractivity contribution in [3.8, 4) is 5.75 Å². The van der Waals surface area contributed by atoms with Crippen molar-refractivity contribution in [1.29, 1.82) is 0 Å². The van der Waals surface area contributed by atoms with Crippen LogP contribution in [0.5, 0.6) is 5.75 Å². The molecular weight excluding hydrogens is 422 g/mol. The van der Waals surface area contributed by atoms with E-state index in [1.54, 1.807) is 24.3 Å². The minimum Gasteiger partial charge on any atom is -0.483 e. The van der Waals surface area contributed by atoms with E-state index in [4.69, 9.17) is 4.74 Å². The van der Waals surface area contributed by atoms with E-state index in [1.165, 1.54) is 0 Å². The van der Waals surface area contributed by atoms with Crippen molar-refractivity contribution in [3.05, 3.63) is 58.1 Å². The standard InChI is InChI=1S/C21H24BrN3O3/c1-15-13-16(22)7-8-19(15)28-14-20(26)23-18-6-4-3-5-17(18)21(27)25-11-9-24(2)10-12-25/h3-8,13H,9-12,14H2,1-2H3,(H,23,26). The molecule has 2 aromatic rings. The lowest BCUT2D eigenvalue weighted by Gasteiger charge is -2.32. The van der Waals surface area contributed by atoms with Crippen LogP contribution in [-0.2, 0) is 4.79 Å². The molecule has 1 aliphatic rings. The number of likely N-dealkylation sites (N-methyl/N-ethyl adjacent to an activating group) is 1. The molecule has 0 saturated carbocycles. The van der Waals surface area contributed by atoms with Gasteiger partial charge in [0.2, 0.25) is 0 Å². The first-order chi connectivity index (χ1) is 13.4. The fraction of sp³-hybridized carbons (Fsp3) is 0.333. The summed E-state index contributed by atoms with van der Waals surface area (Å²) in [6, 6.07) is 12.7. The number of amides is 2. The molecule has 1 aliphatic heterocycles. The largest absolute Gasteiger partial charge is 0.483 e. The Morgan fingerprint density at radius 1 is 1.11 bits per heavy atom. The minimum absolute atomic E-state index is 0.0614. The van der Waals surface area contributed by atoms with Crippen LogP contribution in [0.1, 0.15) is 15.9 Å². The topological polar surface area (TPSA) is 61.9 Å². The highest BCUT2D eigenvalue weighted by molar-refractivity contribution is 9.10. The third-order valence-electron chi connectivity index (χ3n) is 4.72. The van der Waals surface area contributed by atoms with E-state index in [0.717, 1.165) is 23.1 Å². The number of benzene rings is 2. The fourth-order valence-corrected chi connectivity index (χ4v) is 3.54. The van der Waals surface area contributed by atoms with Gasteiger partial charge >= 0.3 is 0 Å². The van der Waals surface area contributed by atoms with E-state index in [1.807, 2.05) is 37.1 Å². The molecule has 148 valence electrons. The molecule has 0 atom stereocenters. The normalized spacial score (nSPS) is 14.6. The lowest BCUT2D eigenvalue weighted by molar-refractivity contribution is -0.118. The Balaban J connectivity index is 1.64. The Morgan fingerprint density at radius 3 is 2.54 bits per heavy atom. The molecule has 0 aromatic heterocycles. The number of para-hydroxylation sites is 1. The number of ether oxygens (including phenoxy) is 1. The molecule has 7 heteroatoms. The molecule has 0 unspecified atom stereocenters. The van der Waals surface area contributed by atoms with Crippen LogP contribution in [0, 0.1) is 6.92 Å². The van der Waals surface area contributed by atoms with Gasteiger partial charge in [-0.15, -0.1) is 0 Å². The Hall–Kier alpha value is -2.38. The van der Waals surface area contributed by atoms with Crippen molar-refractivity contribution in [2.75, 3.05) is 45.2 Å². The number of anilines is 1. The molecule has 3 rings (SSSR count). The number of rotatable bonds is 5. The molecule has 1 fully saturated rings. The molecular formula is C21H24BrN3O3. The highest BCUT2D eigenvalue weighted by atomic mass is 79.9. The monoisotopic (exact) mass is 445 g/mol. The minimum atomic E-state index is -0.305. The van der Waals surface area contributed by atoms with Crippen LogP contribution in [-0.4, -0.2) is 61.4 Å². The maximum atomic E-state index is 12.9. The molecule has 1 N–H and O–H groups in total. The summed E-state index contributed by atoms with van der Waals surface area (Å²) in [4.78, 5) is 29.3. The van der Waals surface area contributed by atoms with Crippen molar-refractivity contribution >= 4 is 33.4 Å². The predicted molar refractivity (Wildman–Crippen MR) is 113 cm³/mol. The Kier molecular flexibility index (Phi) is 6.70. The Morgan fingerprint density at radius 2 is 1.82 bits per heavy atom. The lowest BCUT2D eigenvalue weighted by atomic mass is 10.1. The van der Waals surface area contributed by atoms with Crippen LogP contribution < -0.4 is 10.1 Å². The summed E-state index contributed by atoms with van der Waals surface area (Å²) >= 11 is 3.40. The summed E-state index contributed by atoms with van der Waals surface area (Å²) < 4.78 is 6.58. The zero-order valence-corrected chi connectivity index (χ0v) is 17.7. The third-order valence-corrected chi connectivity index (χ3v) is 5.21. The Labute approximate surface area is 173 Å². The van der Waals surface area contributed by atoms with Crippen molar-refractivity contribution in [1.82, 2.24) is 9.80 Å². The quantitative estimate of drug-likeness (QED) is 0.767. The maximum Gasteiger partial charge on any atom is 0.262 e. The SMILES string of the molecule is Cc1cc(Br)ccc1OCC(=O)Nc1ccccc1C(=O)N1CCN(C)CC1. The fourth-order valence-electron chi connectivity index (χ4n) is 3.06. The van der Waals surface area contributed by atoms with E-state index in [9.17, 15) is 9.59 Å². The molecule has 0 aliphatic carbocycles. The molecule has 0 radical (unpaired) electrons. The smallest absolute Gasteiger partial charge is 0.262 e. The summed E-state index contributed by atoms with van der Waals surface area (Å²) in [5.41, 5.74) is 1.95. The van der Waals surface area contributed by atoms with Gasteiger partial charge in [-0.2, -0.15) is 0 Å². The van der Waals surface area contributed by atoms with Gasteiger partial charge < -0.3 is 19.9 Å².